The standard InChI is InChI=1S/C24H20N2O3/c1-15(24(28)29-2)25-23(27)21-14-20-18-11-7-6-8-16(18)12-13-19(20)22(26-21)17-9-4-3-5-10-17/h3-15H,1-2H3,(H,25,27)/t15-/m0/s1. The van der Waals surface area contributed by atoms with Gasteiger partial charge in [0, 0.05) is 10.9 Å². The molecule has 0 spiro atoms. The maximum absolute atomic E-state index is 12.9. The number of carbonyl (C=O) groups excluding carboxylic acids is 2. The number of nitrogens with one attached hydrogen (secondary N) is 1. The van der Waals surface area contributed by atoms with Crippen LogP contribution in [0.2, 0.25) is 0 Å². The number of esters is 1. The number of pyridine rings is 1. The maximum Gasteiger partial charge on any atom is 0.328 e. The molecule has 0 aliphatic carbocycles. The van der Waals surface area contributed by atoms with E-state index in [0.717, 1.165) is 32.8 Å². The van der Waals surface area contributed by atoms with Crippen molar-refractivity contribution in [2.24, 2.45) is 0 Å². The van der Waals surface area contributed by atoms with E-state index >= 15 is 0 Å². The highest BCUT2D eigenvalue weighted by Crippen LogP contribution is 2.32. The van der Waals surface area contributed by atoms with Crippen molar-refractivity contribution in [2.75, 3.05) is 7.11 Å². The van der Waals surface area contributed by atoms with Crippen LogP contribution in [0.3, 0.4) is 0 Å². The monoisotopic (exact) mass is 384 g/mol. The van der Waals surface area contributed by atoms with Gasteiger partial charge < -0.3 is 10.1 Å². The number of hydrogen-bond acceptors (Lipinski definition) is 4. The number of carbonyl (C=O) groups is 2. The molecule has 3 aromatic carbocycles. The Morgan fingerprint density at radius 3 is 2.38 bits per heavy atom. The second-order valence-corrected chi connectivity index (χ2v) is 6.82. The summed E-state index contributed by atoms with van der Waals surface area (Å²) in [7, 11) is 1.29. The fraction of sp³-hybridized carbons (Fsp3) is 0.125. The molecule has 0 bridgehead atoms. The van der Waals surface area contributed by atoms with Crippen molar-refractivity contribution in [3.8, 4) is 11.3 Å². The fourth-order valence-corrected chi connectivity index (χ4v) is 3.45. The minimum absolute atomic E-state index is 0.253. The third kappa shape index (κ3) is 3.55. The van der Waals surface area contributed by atoms with Crippen molar-refractivity contribution in [1.29, 1.82) is 0 Å². The molecule has 4 rings (SSSR count). The van der Waals surface area contributed by atoms with Crippen LogP contribution < -0.4 is 5.32 Å². The minimum atomic E-state index is -0.766. The van der Waals surface area contributed by atoms with Gasteiger partial charge in [-0.3, -0.25) is 4.79 Å². The van der Waals surface area contributed by atoms with Crippen LogP contribution in [-0.4, -0.2) is 30.0 Å². The van der Waals surface area contributed by atoms with Crippen LogP contribution in [0.4, 0.5) is 0 Å². The van der Waals surface area contributed by atoms with Gasteiger partial charge in [-0.1, -0.05) is 66.7 Å². The van der Waals surface area contributed by atoms with Crippen LogP contribution in [-0.2, 0) is 9.53 Å². The van der Waals surface area contributed by atoms with E-state index in [9.17, 15) is 9.59 Å². The molecule has 1 aromatic heterocycles. The van der Waals surface area contributed by atoms with Gasteiger partial charge in [0.1, 0.15) is 11.7 Å². The molecule has 5 heteroatoms. The number of nitrogens with zero attached hydrogens (tertiary/aromatic N) is 1. The van der Waals surface area contributed by atoms with E-state index in [4.69, 9.17) is 4.74 Å². The van der Waals surface area contributed by atoms with Crippen molar-refractivity contribution in [1.82, 2.24) is 10.3 Å². The third-order valence-corrected chi connectivity index (χ3v) is 4.92. The molecular formula is C24H20N2O3. The Morgan fingerprint density at radius 1 is 0.897 bits per heavy atom. The van der Waals surface area contributed by atoms with E-state index in [1.807, 2.05) is 60.7 Å². The van der Waals surface area contributed by atoms with Crippen LogP contribution in [0.15, 0.2) is 72.8 Å². The number of amides is 1. The molecule has 144 valence electrons. The summed E-state index contributed by atoms with van der Waals surface area (Å²) in [6.07, 6.45) is 0. The van der Waals surface area contributed by atoms with Gasteiger partial charge in [0.15, 0.2) is 0 Å². The summed E-state index contributed by atoms with van der Waals surface area (Å²) >= 11 is 0. The van der Waals surface area contributed by atoms with Gasteiger partial charge in [-0.2, -0.15) is 0 Å². The highest BCUT2D eigenvalue weighted by molar-refractivity contribution is 6.13. The molecule has 0 fully saturated rings. The Hall–Kier alpha value is -3.73. The smallest absolute Gasteiger partial charge is 0.328 e. The van der Waals surface area contributed by atoms with Gasteiger partial charge in [0.05, 0.1) is 12.8 Å². The summed E-state index contributed by atoms with van der Waals surface area (Å²) in [6.45, 7) is 1.58. The van der Waals surface area contributed by atoms with Crippen LogP contribution in [0, 0.1) is 0 Å². The van der Waals surface area contributed by atoms with Gasteiger partial charge in [-0.05, 0) is 29.1 Å². The largest absolute Gasteiger partial charge is 0.467 e. The first-order valence-electron chi connectivity index (χ1n) is 9.35. The zero-order valence-corrected chi connectivity index (χ0v) is 16.2. The van der Waals surface area contributed by atoms with Gasteiger partial charge in [0.2, 0.25) is 0 Å². The number of methoxy groups -OCH3 is 1. The molecule has 0 unspecified atom stereocenters. The minimum Gasteiger partial charge on any atom is -0.467 e. The molecule has 0 saturated heterocycles. The van der Waals surface area contributed by atoms with E-state index in [0.29, 0.717) is 0 Å². The lowest BCUT2D eigenvalue weighted by Crippen LogP contribution is -2.39. The highest BCUT2D eigenvalue weighted by atomic mass is 16.5. The summed E-state index contributed by atoms with van der Waals surface area (Å²) < 4.78 is 4.70. The number of hydrogen-bond donors (Lipinski definition) is 1. The zero-order valence-electron chi connectivity index (χ0n) is 16.2. The molecule has 1 amide bonds. The molecule has 1 N–H and O–H groups in total. The van der Waals surface area contributed by atoms with E-state index in [1.165, 1.54) is 7.11 Å². The first-order valence-corrected chi connectivity index (χ1v) is 9.35. The molecule has 29 heavy (non-hydrogen) atoms. The average molecular weight is 384 g/mol. The number of rotatable bonds is 4. The fourth-order valence-electron chi connectivity index (χ4n) is 3.45. The molecule has 1 heterocycles. The van der Waals surface area contributed by atoms with E-state index in [1.54, 1.807) is 13.0 Å². The molecule has 0 saturated carbocycles. The number of ether oxygens (including phenoxy) is 1. The van der Waals surface area contributed by atoms with Gasteiger partial charge in [-0.15, -0.1) is 0 Å². The number of benzene rings is 3. The van der Waals surface area contributed by atoms with E-state index < -0.39 is 17.9 Å². The van der Waals surface area contributed by atoms with Crippen LogP contribution in [0.5, 0.6) is 0 Å². The average Bonchev–Trinajstić information content (AvgIpc) is 2.78. The van der Waals surface area contributed by atoms with Gasteiger partial charge in [-0.25, -0.2) is 9.78 Å². The summed E-state index contributed by atoms with van der Waals surface area (Å²) in [5.74, 6) is -0.928. The lowest BCUT2D eigenvalue weighted by molar-refractivity contribution is -0.142. The maximum atomic E-state index is 12.9. The second kappa shape index (κ2) is 7.72. The molecule has 4 aromatic rings. The number of fused-ring (bicyclic) bond motifs is 3. The van der Waals surface area contributed by atoms with Crippen LogP contribution in [0.25, 0.3) is 32.8 Å². The Labute approximate surface area is 168 Å². The Kier molecular flexibility index (Phi) is 4.96. The molecule has 0 aliphatic heterocycles. The van der Waals surface area contributed by atoms with Crippen molar-refractivity contribution in [3.05, 3.63) is 78.5 Å². The SMILES string of the molecule is COC(=O)[C@H](C)NC(=O)c1cc2c(ccc3ccccc32)c(-c2ccccc2)n1. The molecule has 1 atom stereocenters. The lowest BCUT2D eigenvalue weighted by Gasteiger charge is -2.14. The topological polar surface area (TPSA) is 68.3 Å². The van der Waals surface area contributed by atoms with Crippen molar-refractivity contribution in [3.63, 3.8) is 0 Å². The summed E-state index contributed by atoms with van der Waals surface area (Å²) in [5, 5.41) is 6.69. The lowest BCUT2D eigenvalue weighted by atomic mass is 9.97. The van der Waals surface area contributed by atoms with Crippen LogP contribution in [0.1, 0.15) is 17.4 Å². The van der Waals surface area contributed by atoms with Gasteiger partial charge in [0.25, 0.3) is 5.91 Å². The first kappa shape index (κ1) is 18.6. The molecule has 5 nitrogen and oxygen atoms in total. The first-order chi connectivity index (χ1) is 14.1. The second-order valence-electron chi connectivity index (χ2n) is 6.82. The van der Waals surface area contributed by atoms with Crippen molar-refractivity contribution >= 4 is 33.4 Å². The third-order valence-electron chi connectivity index (χ3n) is 4.92. The van der Waals surface area contributed by atoms with Crippen molar-refractivity contribution < 1.29 is 14.3 Å². The Morgan fingerprint density at radius 2 is 1.62 bits per heavy atom. The van der Waals surface area contributed by atoms with Gasteiger partial charge >= 0.3 is 5.97 Å². The predicted molar refractivity (Wildman–Crippen MR) is 114 cm³/mol. The summed E-state index contributed by atoms with van der Waals surface area (Å²) in [6, 6.07) is 22.9. The normalized spacial score (nSPS) is 11.9. The quantitative estimate of drug-likeness (QED) is 0.420. The zero-order chi connectivity index (χ0) is 20.4. The van der Waals surface area contributed by atoms with Crippen molar-refractivity contribution in [2.45, 2.75) is 13.0 Å². The Balaban J connectivity index is 1.92. The predicted octanol–water partition coefficient (Wildman–Crippen LogP) is 4.35. The van der Waals surface area contributed by atoms with E-state index in [-0.39, 0.29) is 5.69 Å². The Bertz CT molecular complexity index is 1220. The molecule has 0 aliphatic rings. The molecular weight excluding hydrogens is 364 g/mol. The summed E-state index contributed by atoms with van der Waals surface area (Å²) in [4.78, 5) is 29.2. The van der Waals surface area contributed by atoms with Crippen LogP contribution >= 0.6 is 0 Å². The number of aromatic nitrogens is 1. The summed E-state index contributed by atoms with van der Waals surface area (Å²) in [5.41, 5.74) is 1.90. The van der Waals surface area contributed by atoms with E-state index in [2.05, 4.69) is 16.4 Å². The molecule has 0 radical (unpaired) electrons. The highest BCUT2D eigenvalue weighted by Gasteiger charge is 2.20.